The molecule has 13 heteroatoms. The van der Waals surface area contributed by atoms with Crippen molar-refractivity contribution in [3.63, 3.8) is 0 Å². The summed E-state index contributed by atoms with van der Waals surface area (Å²) in [6, 6.07) is 9.19. The lowest BCUT2D eigenvalue weighted by atomic mass is 10.1. The molecule has 5 aromatic rings. The number of pyridine rings is 1. The van der Waals surface area contributed by atoms with Crippen LogP contribution in [0.1, 0.15) is 11.3 Å². The zero-order valence-corrected chi connectivity index (χ0v) is 21.1. The molecule has 0 radical (unpaired) electrons. The minimum Gasteiger partial charge on any atom is -0.454 e. The first-order valence-electron chi connectivity index (χ1n) is 11.8. The van der Waals surface area contributed by atoms with Crippen LogP contribution in [-0.2, 0) is 13.2 Å². The molecule has 2 amide bonds. The second-order valence-electron chi connectivity index (χ2n) is 8.79. The Hall–Kier alpha value is -5.20. The number of halogens is 4. The summed E-state index contributed by atoms with van der Waals surface area (Å²) in [6.07, 6.45) is 3.20. The Balaban J connectivity index is 1.29. The van der Waals surface area contributed by atoms with Crippen molar-refractivity contribution in [2.24, 2.45) is 7.05 Å². The first kappa shape index (κ1) is 26.4. The highest BCUT2D eigenvalue weighted by Gasteiger charge is 2.31. The normalized spacial score (nSPS) is 11.3. The Morgan fingerprint density at radius 2 is 1.77 bits per heavy atom. The molecule has 0 fully saturated rings. The summed E-state index contributed by atoms with van der Waals surface area (Å²) in [5, 5.41) is 8.87. The standard InChI is InChI=1S/C27H21F4N7O2/c1-16-13-38(15-33-16)21-8-18(27(29,30)31)7-20(9-21)36-26(39)35-19-3-4-25(23(28)10-19)40-22-5-6-32-24(11-22)17-12-34-37(2)14-17/h3-15H,1-2H3,(H2,35,36,39). The van der Waals surface area contributed by atoms with Gasteiger partial charge in [-0.2, -0.15) is 18.3 Å². The monoisotopic (exact) mass is 551 g/mol. The van der Waals surface area contributed by atoms with Crippen molar-refractivity contribution in [1.29, 1.82) is 0 Å². The van der Waals surface area contributed by atoms with Gasteiger partial charge in [0.15, 0.2) is 11.6 Å². The largest absolute Gasteiger partial charge is 0.454 e. The third-order valence-electron chi connectivity index (χ3n) is 5.66. The molecule has 0 aliphatic carbocycles. The molecule has 0 spiro atoms. The summed E-state index contributed by atoms with van der Waals surface area (Å²) in [5.74, 6) is -0.540. The quantitative estimate of drug-likeness (QED) is 0.233. The number of alkyl halides is 3. The Labute approximate surface area is 225 Å². The topological polar surface area (TPSA) is 98.9 Å². The van der Waals surface area contributed by atoms with Gasteiger partial charge in [-0.15, -0.1) is 0 Å². The summed E-state index contributed by atoms with van der Waals surface area (Å²) < 4.78 is 64.0. The lowest BCUT2D eigenvalue weighted by Gasteiger charge is -2.14. The smallest absolute Gasteiger partial charge is 0.416 e. The number of aryl methyl sites for hydroxylation is 2. The van der Waals surface area contributed by atoms with E-state index in [-0.39, 0.29) is 22.8 Å². The lowest BCUT2D eigenvalue weighted by molar-refractivity contribution is -0.137. The molecular weight excluding hydrogens is 530 g/mol. The van der Waals surface area contributed by atoms with Gasteiger partial charge in [0.1, 0.15) is 5.75 Å². The number of urea groups is 1. The van der Waals surface area contributed by atoms with Gasteiger partial charge in [-0.25, -0.2) is 14.2 Å². The molecule has 0 atom stereocenters. The highest BCUT2D eigenvalue weighted by Crippen LogP contribution is 2.33. The van der Waals surface area contributed by atoms with Crippen molar-refractivity contribution in [3.05, 3.63) is 96.7 Å². The molecular formula is C27H21F4N7O2. The number of hydrogen-bond donors (Lipinski definition) is 2. The van der Waals surface area contributed by atoms with E-state index in [1.807, 2.05) is 0 Å². The Kier molecular flexibility index (Phi) is 6.94. The van der Waals surface area contributed by atoms with Crippen molar-refractivity contribution in [3.8, 4) is 28.4 Å². The van der Waals surface area contributed by atoms with Crippen LogP contribution >= 0.6 is 0 Å². The Morgan fingerprint density at radius 1 is 0.975 bits per heavy atom. The van der Waals surface area contributed by atoms with Crippen LogP contribution < -0.4 is 15.4 Å². The molecule has 0 bridgehead atoms. The van der Waals surface area contributed by atoms with Gasteiger partial charge in [0.25, 0.3) is 0 Å². The number of carbonyl (C=O) groups excluding carboxylic acids is 1. The van der Waals surface area contributed by atoms with Gasteiger partial charge in [-0.3, -0.25) is 9.67 Å². The first-order chi connectivity index (χ1) is 19.0. The van der Waals surface area contributed by atoms with E-state index in [9.17, 15) is 22.4 Å². The summed E-state index contributed by atoms with van der Waals surface area (Å²) in [7, 11) is 1.77. The van der Waals surface area contributed by atoms with Crippen molar-refractivity contribution >= 4 is 17.4 Å². The number of nitrogens with zero attached hydrogens (tertiary/aromatic N) is 5. The van der Waals surface area contributed by atoms with Gasteiger partial charge in [-0.1, -0.05) is 0 Å². The average Bonchev–Trinajstić information content (AvgIpc) is 3.53. The minimum absolute atomic E-state index is 0.0607. The predicted octanol–water partition coefficient (Wildman–Crippen LogP) is 6.57. The van der Waals surface area contributed by atoms with E-state index in [1.54, 1.807) is 49.4 Å². The Morgan fingerprint density at radius 3 is 2.45 bits per heavy atom. The summed E-state index contributed by atoms with van der Waals surface area (Å²) in [4.78, 5) is 20.8. The summed E-state index contributed by atoms with van der Waals surface area (Å²) >= 11 is 0. The van der Waals surface area contributed by atoms with Crippen LogP contribution in [0.2, 0.25) is 0 Å². The van der Waals surface area contributed by atoms with Crippen molar-refractivity contribution in [2.45, 2.75) is 13.1 Å². The van der Waals surface area contributed by atoms with E-state index in [4.69, 9.17) is 4.74 Å². The first-order valence-corrected chi connectivity index (χ1v) is 11.8. The fraction of sp³-hybridized carbons (Fsp3) is 0.111. The molecule has 3 aromatic heterocycles. The molecule has 0 unspecified atom stereocenters. The van der Waals surface area contributed by atoms with Gasteiger partial charge in [0, 0.05) is 60.4 Å². The summed E-state index contributed by atoms with van der Waals surface area (Å²) in [5.41, 5.74) is 1.09. The number of ether oxygens (including phenoxy) is 1. The maximum absolute atomic E-state index is 14.8. The number of hydrogen-bond acceptors (Lipinski definition) is 5. The number of anilines is 2. The number of rotatable bonds is 6. The molecule has 9 nitrogen and oxygen atoms in total. The third kappa shape index (κ3) is 6.09. The summed E-state index contributed by atoms with van der Waals surface area (Å²) in [6.45, 7) is 1.70. The molecule has 204 valence electrons. The van der Waals surface area contributed by atoms with Crippen molar-refractivity contribution in [1.82, 2.24) is 24.3 Å². The van der Waals surface area contributed by atoms with Crippen LogP contribution in [0, 0.1) is 12.7 Å². The van der Waals surface area contributed by atoms with Gasteiger partial charge in [0.2, 0.25) is 0 Å². The SMILES string of the molecule is Cc1cn(-c2cc(NC(=O)Nc3ccc(Oc4ccnc(-c5cnn(C)c5)c4)c(F)c3)cc(C(F)(F)F)c2)cn1. The van der Waals surface area contributed by atoms with Crippen molar-refractivity contribution < 1.29 is 27.1 Å². The van der Waals surface area contributed by atoms with Crippen molar-refractivity contribution in [2.75, 3.05) is 10.6 Å². The molecule has 3 heterocycles. The number of imidazole rings is 1. The number of aromatic nitrogens is 5. The fourth-order valence-electron chi connectivity index (χ4n) is 3.83. The molecule has 0 aliphatic heterocycles. The number of amides is 2. The van der Waals surface area contributed by atoms with E-state index in [1.165, 1.54) is 35.3 Å². The van der Waals surface area contributed by atoms with Gasteiger partial charge in [-0.05, 0) is 43.3 Å². The van der Waals surface area contributed by atoms with Gasteiger partial charge in [0.05, 0.1) is 29.5 Å². The van der Waals surface area contributed by atoms with Gasteiger partial charge < -0.3 is 19.9 Å². The van der Waals surface area contributed by atoms with Crippen LogP contribution in [0.4, 0.5) is 33.7 Å². The van der Waals surface area contributed by atoms with Crippen LogP contribution in [0.3, 0.4) is 0 Å². The number of carbonyl (C=O) groups is 1. The number of nitrogens with one attached hydrogen (secondary N) is 2. The van der Waals surface area contributed by atoms with Crippen LogP contribution in [0.15, 0.2) is 79.6 Å². The van der Waals surface area contributed by atoms with Crippen LogP contribution in [0.5, 0.6) is 11.5 Å². The molecule has 0 saturated heterocycles. The van der Waals surface area contributed by atoms with E-state index >= 15 is 0 Å². The van der Waals surface area contributed by atoms with E-state index < -0.39 is 23.6 Å². The molecule has 40 heavy (non-hydrogen) atoms. The third-order valence-corrected chi connectivity index (χ3v) is 5.66. The maximum Gasteiger partial charge on any atom is 0.416 e. The average molecular weight is 552 g/mol. The zero-order chi connectivity index (χ0) is 28.4. The van der Waals surface area contributed by atoms with Crippen LogP contribution in [0.25, 0.3) is 16.9 Å². The molecule has 5 rings (SSSR count). The predicted molar refractivity (Wildman–Crippen MR) is 139 cm³/mol. The van der Waals surface area contributed by atoms with E-state index in [0.717, 1.165) is 23.8 Å². The molecule has 2 N–H and O–H groups in total. The maximum atomic E-state index is 14.8. The molecule has 0 aliphatic rings. The van der Waals surface area contributed by atoms with Gasteiger partial charge >= 0.3 is 12.2 Å². The van der Waals surface area contributed by atoms with Crippen LogP contribution in [-0.4, -0.2) is 30.3 Å². The second kappa shape index (κ2) is 10.5. The minimum atomic E-state index is -4.65. The highest BCUT2D eigenvalue weighted by molar-refractivity contribution is 6.00. The molecule has 0 saturated carbocycles. The lowest BCUT2D eigenvalue weighted by Crippen LogP contribution is -2.20. The highest BCUT2D eigenvalue weighted by atomic mass is 19.4. The molecule has 2 aromatic carbocycles. The van der Waals surface area contributed by atoms with E-state index in [2.05, 4.69) is 25.7 Å². The Bertz CT molecular complexity index is 1690. The number of benzene rings is 2. The van der Waals surface area contributed by atoms with E-state index in [0.29, 0.717) is 17.1 Å². The fourth-order valence-corrected chi connectivity index (χ4v) is 3.83. The zero-order valence-electron chi connectivity index (χ0n) is 21.1. The second-order valence-corrected chi connectivity index (χ2v) is 8.79.